The van der Waals surface area contributed by atoms with Gasteiger partial charge in [-0.1, -0.05) is 45.4 Å². The quantitative estimate of drug-likeness (QED) is 0.275. The summed E-state index contributed by atoms with van der Waals surface area (Å²) >= 11 is 3.24. The van der Waals surface area contributed by atoms with Gasteiger partial charge in [0.05, 0.1) is 17.4 Å². The third kappa shape index (κ3) is 4.46. The van der Waals surface area contributed by atoms with Crippen molar-refractivity contribution in [3.63, 3.8) is 0 Å². The van der Waals surface area contributed by atoms with E-state index in [1.807, 2.05) is 24.0 Å². The fourth-order valence-electron chi connectivity index (χ4n) is 4.52. The summed E-state index contributed by atoms with van der Waals surface area (Å²) in [4.78, 5) is 24.7. The Morgan fingerprint density at radius 1 is 1.21 bits per heavy atom. The molecule has 6 nitrogen and oxygen atoms in total. The van der Waals surface area contributed by atoms with Crippen LogP contribution in [0.5, 0.6) is 0 Å². The van der Waals surface area contributed by atoms with Crippen LogP contribution < -0.4 is 0 Å². The Morgan fingerprint density at radius 3 is 2.74 bits per heavy atom. The Bertz CT molecular complexity index is 1290. The second-order valence-corrected chi connectivity index (χ2v) is 9.76. The summed E-state index contributed by atoms with van der Waals surface area (Å²) < 4.78 is 15.1. The zero-order valence-electron chi connectivity index (χ0n) is 18.7. The zero-order chi connectivity index (χ0) is 23.8. The van der Waals surface area contributed by atoms with Crippen molar-refractivity contribution in [1.29, 1.82) is 0 Å². The van der Waals surface area contributed by atoms with E-state index in [2.05, 4.69) is 43.2 Å². The number of hydrogen-bond acceptors (Lipinski definition) is 5. The number of halogens is 2. The lowest BCUT2D eigenvalue weighted by molar-refractivity contribution is 0.0671. The summed E-state index contributed by atoms with van der Waals surface area (Å²) in [5.74, 6) is 0.199. The lowest BCUT2D eigenvalue weighted by Gasteiger charge is -2.35. The van der Waals surface area contributed by atoms with Gasteiger partial charge in [0.2, 0.25) is 0 Å². The number of nitrogens with zero attached hydrogens (tertiary/aromatic N) is 4. The molecule has 34 heavy (non-hydrogen) atoms. The first-order valence-corrected chi connectivity index (χ1v) is 12.2. The largest absolute Gasteiger partial charge is 0.411 e. The molecule has 174 valence electrons. The van der Waals surface area contributed by atoms with Gasteiger partial charge in [0.1, 0.15) is 17.3 Å². The minimum absolute atomic E-state index is 0.0633. The maximum Gasteiger partial charge on any atom is 0.273 e. The molecule has 1 aromatic heterocycles. The SMILES string of the molecule is C[C@@H]1c2ccccc2CCN1C(=O)c1cc(C/C(=N/O)c2ccc(Br)cc2F)nc(C2CC2)n1. The summed E-state index contributed by atoms with van der Waals surface area (Å²) in [5, 5.41) is 13.0. The first-order valence-electron chi connectivity index (χ1n) is 11.4. The highest BCUT2D eigenvalue weighted by Gasteiger charge is 2.32. The number of carbonyl (C=O) groups excluding carboxylic acids is 1. The van der Waals surface area contributed by atoms with Gasteiger partial charge in [0.15, 0.2) is 0 Å². The average Bonchev–Trinajstić information content (AvgIpc) is 3.68. The van der Waals surface area contributed by atoms with E-state index in [1.165, 1.54) is 11.6 Å². The van der Waals surface area contributed by atoms with Crippen LogP contribution in [0.4, 0.5) is 4.39 Å². The lowest BCUT2D eigenvalue weighted by atomic mass is 9.93. The molecule has 0 saturated heterocycles. The Kier molecular flexibility index (Phi) is 6.16. The Hall–Kier alpha value is -3.13. The number of amides is 1. The molecule has 8 heteroatoms. The van der Waals surface area contributed by atoms with Gasteiger partial charge in [-0.2, -0.15) is 0 Å². The van der Waals surface area contributed by atoms with Crippen LogP contribution in [-0.2, 0) is 12.8 Å². The van der Waals surface area contributed by atoms with Crippen molar-refractivity contribution >= 4 is 27.5 Å². The summed E-state index contributed by atoms with van der Waals surface area (Å²) in [6.45, 7) is 2.65. The maximum absolute atomic E-state index is 14.5. The fourth-order valence-corrected chi connectivity index (χ4v) is 4.85. The molecule has 1 N–H and O–H groups in total. The van der Waals surface area contributed by atoms with Crippen LogP contribution in [0, 0.1) is 5.82 Å². The van der Waals surface area contributed by atoms with Crippen LogP contribution >= 0.6 is 15.9 Å². The summed E-state index contributed by atoms with van der Waals surface area (Å²) in [6.07, 6.45) is 2.83. The highest BCUT2D eigenvalue weighted by atomic mass is 79.9. The van der Waals surface area contributed by atoms with E-state index in [0.29, 0.717) is 28.2 Å². The predicted molar refractivity (Wildman–Crippen MR) is 130 cm³/mol. The minimum Gasteiger partial charge on any atom is -0.411 e. The molecule has 0 unspecified atom stereocenters. The van der Waals surface area contributed by atoms with Crippen molar-refractivity contribution in [2.45, 2.75) is 44.6 Å². The smallest absolute Gasteiger partial charge is 0.273 e. The molecule has 1 saturated carbocycles. The molecule has 0 radical (unpaired) electrons. The molecular weight excluding hydrogens is 499 g/mol. The molecule has 2 aromatic carbocycles. The van der Waals surface area contributed by atoms with Gasteiger partial charge in [-0.15, -0.1) is 0 Å². The molecule has 1 aliphatic carbocycles. The van der Waals surface area contributed by atoms with E-state index < -0.39 is 5.82 Å². The van der Waals surface area contributed by atoms with E-state index in [4.69, 9.17) is 0 Å². The van der Waals surface area contributed by atoms with Gasteiger partial charge in [-0.3, -0.25) is 4.79 Å². The van der Waals surface area contributed by atoms with E-state index in [0.717, 1.165) is 24.8 Å². The minimum atomic E-state index is -0.504. The van der Waals surface area contributed by atoms with Gasteiger partial charge in [-0.25, -0.2) is 14.4 Å². The molecule has 1 amide bonds. The summed E-state index contributed by atoms with van der Waals surface area (Å²) in [7, 11) is 0. The number of aromatic nitrogens is 2. The number of rotatable bonds is 5. The Balaban J connectivity index is 1.46. The van der Waals surface area contributed by atoms with Crippen molar-refractivity contribution in [3.05, 3.63) is 92.7 Å². The number of carbonyl (C=O) groups is 1. The molecular formula is C26H24BrFN4O2. The predicted octanol–water partition coefficient (Wildman–Crippen LogP) is 5.44. The van der Waals surface area contributed by atoms with Gasteiger partial charge in [-0.05, 0) is 61.6 Å². The van der Waals surface area contributed by atoms with Gasteiger partial charge in [0, 0.05) is 28.9 Å². The molecule has 5 rings (SSSR count). The van der Waals surface area contributed by atoms with Crippen LogP contribution in [-0.4, -0.2) is 38.2 Å². The molecule has 0 bridgehead atoms. The number of fused-ring (bicyclic) bond motifs is 1. The second-order valence-electron chi connectivity index (χ2n) is 8.85. The molecule has 0 spiro atoms. The van der Waals surface area contributed by atoms with Crippen molar-refractivity contribution < 1.29 is 14.4 Å². The van der Waals surface area contributed by atoms with Crippen LogP contribution in [0.2, 0.25) is 0 Å². The van der Waals surface area contributed by atoms with Crippen LogP contribution in [0.3, 0.4) is 0 Å². The van der Waals surface area contributed by atoms with Crippen LogP contribution in [0.1, 0.15) is 70.4 Å². The monoisotopic (exact) mass is 522 g/mol. The van der Waals surface area contributed by atoms with Crippen molar-refractivity contribution in [3.8, 4) is 0 Å². The van der Waals surface area contributed by atoms with Crippen molar-refractivity contribution in [2.75, 3.05) is 6.54 Å². The first-order chi connectivity index (χ1) is 16.4. The van der Waals surface area contributed by atoms with E-state index in [1.54, 1.807) is 18.2 Å². The number of benzene rings is 2. The molecule has 1 atom stereocenters. The van der Waals surface area contributed by atoms with Crippen molar-refractivity contribution in [2.24, 2.45) is 5.16 Å². The second kappa shape index (κ2) is 9.25. The van der Waals surface area contributed by atoms with E-state index >= 15 is 0 Å². The van der Waals surface area contributed by atoms with E-state index in [9.17, 15) is 14.4 Å². The van der Waals surface area contributed by atoms with Crippen LogP contribution in [0.15, 0.2) is 58.2 Å². The summed E-state index contributed by atoms with van der Waals surface area (Å²) in [5.41, 5.74) is 3.60. The van der Waals surface area contributed by atoms with E-state index in [-0.39, 0.29) is 35.6 Å². The molecule has 3 aromatic rings. The highest BCUT2D eigenvalue weighted by molar-refractivity contribution is 9.10. The molecule has 2 aliphatic rings. The van der Waals surface area contributed by atoms with Gasteiger partial charge < -0.3 is 10.1 Å². The third-order valence-electron chi connectivity index (χ3n) is 6.53. The average molecular weight is 523 g/mol. The zero-order valence-corrected chi connectivity index (χ0v) is 20.3. The number of hydrogen-bond donors (Lipinski definition) is 1. The lowest BCUT2D eigenvalue weighted by Crippen LogP contribution is -2.39. The van der Waals surface area contributed by atoms with Crippen LogP contribution in [0.25, 0.3) is 0 Å². The molecule has 1 aliphatic heterocycles. The Morgan fingerprint density at radius 2 is 2.00 bits per heavy atom. The normalized spacial score (nSPS) is 18.0. The maximum atomic E-state index is 14.5. The standard InChI is InChI=1S/C26H24BrFN4O2/c1-15-20-5-3-2-4-16(20)10-11-32(15)26(33)24-14-19(29-25(30-24)17-6-7-17)13-23(31-34)21-9-8-18(27)12-22(21)28/h2-5,8-9,12,14-15,17,34H,6-7,10-11,13H2,1H3/b31-23-/t15-/m1/s1. The summed E-state index contributed by atoms with van der Waals surface area (Å²) in [6, 6.07) is 14.3. The molecule has 2 heterocycles. The Labute approximate surface area is 205 Å². The fraction of sp³-hybridized carbons (Fsp3) is 0.308. The topological polar surface area (TPSA) is 78.7 Å². The highest BCUT2D eigenvalue weighted by Crippen LogP contribution is 2.38. The third-order valence-corrected chi connectivity index (χ3v) is 7.02. The molecule has 1 fully saturated rings. The van der Waals surface area contributed by atoms with Crippen molar-refractivity contribution in [1.82, 2.24) is 14.9 Å². The van der Waals surface area contributed by atoms with Gasteiger partial charge >= 0.3 is 0 Å². The first kappa shape index (κ1) is 22.7. The number of oxime groups is 1. The van der Waals surface area contributed by atoms with Gasteiger partial charge in [0.25, 0.3) is 5.91 Å².